The molecule has 0 bridgehead atoms. The number of piperazine rings is 1. The van der Waals surface area contributed by atoms with E-state index in [1.165, 1.54) is 19.1 Å². The summed E-state index contributed by atoms with van der Waals surface area (Å²) >= 11 is 3.47. The Kier molecular flexibility index (Phi) is 8.44. The molecule has 0 spiro atoms. The molecule has 10 nitrogen and oxygen atoms in total. The molecule has 0 radical (unpaired) electrons. The lowest BCUT2D eigenvalue weighted by Crippen LogP contribution is -2.48. The summed E-state index contributed by atoms with van der Waals surface area (Å²) in [6, 6.07) is 13.4. The number of benzene rings is 2. The van der Waals surface area contributed by atoms with Gasteiger partial charge in [0.1, 0.15) is 17.3 Å². The highest BCUT2D eigenvalue weighted by Gasteiger charge is 2.43. The van der Waals surface area contributed by atoms with Crippen LogP contribution in [0.5, 0.6) is 0 Å². The van der Waals surface area contributed by atoms with Crippen molar-refractivity contribution < 1.29 is 28.2 Å². The normalized spacial score (nSPS) is 17.5. The number of nitrogens with two attached hydrogens (primary N) is 1. The molecular weight excluding hydrogens is 585 g/mol. The molecule has 2 aliphatic rings. The Balaban J connectivity index is 1.90. The average molecular weight is 612 g/mol. The second-order valence-electron chi connectivity index (χ2n) is 9.08. The smallest absolute Gasteiger partial charge is 0.355 e. The van der Waals surface area contributed by atoms with Gasteiger partial charge in [-0.25, -0.2) is 14.0 Å². The fourth-order valence-electron chi connectivity index (χ4n) is 4.97. The molecule has 208 valence electrons. The van der Waals surface area contributed by atoms with Gasteiger partial charge in [0.25, 0.3) is 0 Å². The Bertz CT molecular complexity index is 1460. The van der Waals surface area contributed by atoms with Gasteiger partial charge in [-0.2, -0.15) is 5.26 Å². The van der Waals surface area contributed by atoms with Crippen molar-refractivity contribution in [2.24, 2.45) is 5.73 Å². The summed E-state index contributed by atoms with van der Waals surface area (Å²) in [5.41, 5.74) is 6.88. The number of amides is 1. The lowest BCUT2D eigenvalue weighted by molar-refractivity contribution is -0.139. The number of ether oxygens (including phenoxy) is 2. The van der Waals surface area contributed by atoms with Gasteiger partial charge >= 0.3 is 11.9 Å². The van der Waals surface area contributed by atoms with Crippen LogP contribution >= 0.6 is 15.9 Å². The predicted octanol–water partition coefficient (Wildman–Crippen LogP) is 3.15. The Morgan fingerprint density at radius 2 is 1.65 bits per heavy atom. The lowest BCUT2D eigenvalue weighted by Gasteiger charge is -2.38. The largest absolute Gasteiger partial charge is 0.466 e. The molecule has 40 heavy (non-hydrogen) atoms. The minimum Gasteiger partial charge on any atom is -0.466 e. The molecule has 1 fully saturated rings. The number of carbonyl (C=O) groups excluding carboxylic acids is 3. The van der Waals surface area contributed by atoms with Crippen molar-refractivity contribution in [2.75, 3.05) is 50.2 Å². The molecule has 1 saturated heterocycles. The van der Waals surface area contributed by atoms with Gasteiger partial charge in [-0.15, -0.1) is 0 Å². The van der Waals surface area contributed by atoms with Crippen molar-refractivity contribution >= 4 is 45.2 Å². The first kappa shape index (κ1) is 28.6. The number of esters is 2. The summed E-state index contributed by atoms with van der Waals surface area (Å²) in [5, 5.41) is 10.2. The third-order valence-corrected chi connectivity index (χ3v) is 7.57. The minimum atomic E-state index is -1.04. The lowest BCUT2D eigenvalue weighted by atomic mass is 9.81. The molecule has 1 unspecified atom stereocenters. The predicted molar refractivity (Wildman–Crippen MR) is 148 cm³/mol. The number of hydrogen-bond acceptors (Lipinski definition) is 9. The van der Waals surface area contributed by atoms with E-state index in [1.54, 1.807) is 35.2 Å². The zero-order valence-electron chi connectivity index (χ0n) is 22.1. The van der Waals surface area contributed by atoms with Crippen molar-refractivity contribution in [1.82, 2.24) is 4.90 Å². The molecule has 12 heteroatoms. The molecule has 0 saturated carbocycles. The third kappa shape index (κ3) is 5.12. The first-order valence-corrected chi connectivity index (χ1v) is 13.1. The zero-order chi connectivity index (χ0) is 29.1. The van der Waals surface area contributed by atoms with Crippen LogP contribution in [0.3, 0.4) is 0 Å². The Hall–Kier alpha value is -4.37. The van der Waals surface area contributed by atoms with Crippen LogP contribution < -0.4 is 15.5 Å². The number of rotatable bonds is 5. The van der Waals surface area contributed by atoms with Crippen LogP contribution in [-0.2, 0) is 23.9 Å². The first-order valence-electron chi connectivity index (χ1n) is 12.3. The van der Waals surface area contributed by atoms with E-state index < -0.39 is 23.7 Å². The molecular formula is C28H27BrFN5O5. The van der Waals surface area contributed by atoms with Crippen molar-refractivity contribution in [2.45, 2.75) is 12.8 Å². The number of halogens is 2. The molecule has 2 aliphatic heterocycles. The van der Waals surface area contributed by atoms with E-state index in [9.17, 15) is 19.6 Å². The zero-order valence-corrected chi connectivity index (χ0v) is 23.7. The summed E-state index contributed by atoms with van der Waals surface area (Å²) < 4.78 is 26.1. The van der Waals surface area contributed by atoms with Gasteiger partial charge < -0.3 is 25.0 Å². The van der Waals surface area contributed by atoms with Gasteiger partial charge in [-0.05, 0) is 27.6 Å². The van der Waals surface area contributed by atoms with Crippen molar-refractivity contribution in [3.05, 3.63) is 81.0 Å². The molecule has 1 amide bonds. The number of carbonyl (C=O) groups is 3. The van der Waals surface area contributed by atoms with Crippen molar-refractivity contribution in [3.8, 4) is 6.07 Å². The van der Waals surface area contributed by atoms with E-state index >= 15 is 4.39 Å². The Morgan fingerprint density at radius 1 is 1.02 bits per heavy atom. The van der Waals surface area contributed by atoms with E-state index in [4.69, 9.17) is 15.2 Å². The average Bonchev–Trinajstić information content (AvgIpc) is 2.97. The second-order valence-corrected chi connectivity index (χ2v) is 9.94. The van der Waals surface area contributed by atoms with Gasteiger partial charge in [0, 0.05) is 43.6 Å². The number of nitrogens with zero attached hydrogens (tertiary/aromatic N) is 4. The van der Waals surface area contributed by atoms with Crippen molar-refractivity contribution in [3.63, 3.8) is 0 Å². The van der Waals surface area contributed by atoms with Crippen molar-refractivity contribution in [1.29, 1.82) is 5.26 Å². The monoisotopic (exact) mass is 611 g/mol. The fraction of sp³-hybridized carbons (Fsp3) is 0.286. The molecule has 2 aromatic rings. The minimum absolute atomic E-state index is 0.0315. The van der Waals surface area contributed by atoms with E-state index in [1.807, 2.05) is 4.90 Å². The highest BCUT2D eigenvalue weighted by Crippen LogP contribution is 2.45. The molecule has 4 rings (SSSR count). The van der Waals surface area contributed by atoms with Crippen LogP contribution in [-0.4, -0.2) is 63.1 Å². The standard InChI is InChI=1S/C28H27BrFN5O5/c1-16(36)33-9-11-34(12-10-33)22-13-19(29)21(14-20(22)30)35-25(28(38)40-3)24(27(37)39-2)23(18(15-31)26(35)32)17-7-5-4-6-8-17/h4-8,13-14,23H,9-12,32H2,1-3H3. The molecule has 2 aromatic carbocycles. The third-order valence-electron chi connectivity index (χ3n) is 6.93. The molecule has 2 heterocycles. The molecule has 2 N–H and O–H groups in total. The summed E-state index contributed by atoms with van der Waals surface area (Å²) in [5.74, 6) is -3.70. The second kappa shape index (κ2) is 11.8. The SMILES string of the molecule is COC(=O)C1=C(C(=O)OC)N(c2cc(F)c(N3CCN(C(C)=O)CC3)cc2Br)C(N)=C(C#N)C1c1ccccc1. The summed E-state index contributed by atoms with van der Waals surface area (Å²) in [6.45, 7) is 3.22. The first-order chi connectivity index (χ1) is 19.1. The van der Waals surface area contributed by atoms with Crippen LogP contribution in [0, 0.1) is 17.1 Å². The number of nitriles is 1. The fourth-order valence-corrected chi connectivity index (χ4v) is 5.47. The molecule has 0 aromatic heterocycles. The maximum Gasteiger partial charge on any atom is 0.355 e. The summed E-state index contributed by atoms with van der Waals surface area (Å²) in [4.78, 5) is 42.8. The molecule has 1 atom stereocenters. The van der Waals surface area contributed by atoms with E-state index in [0.717, 1.165) is 19.1 Å². The summed E-state index contributed by atoms with van der Waals surface area (Å²) in [7, 11) is 2.29. The number of methoxy groups -OCH3 is 2. The van der Waals surface area contributed by atoms with Gasteiger partial charge in [-0.1, -0.05) is 30.3 Å². The van der Waals surface area contributed by atoms with Crippen LogP contribution in [0.1, 0.15) is 18.4 Å². The highest BCUT2D eigenvalue weighted by atomic mass is 79.9. The van der Waals surface area contributed by atoms with Crippen LogP contribution in [0.25, 0.3) is 0 Å². The Morgan fingerprint density at radius 3 is 2.20 bits per heavy atom. The van der Waals surface area contributed by atoms with Gasteiger partial charge in [0.2, 0.25) is 5.91 Å². The molecule has 0 aliphatic carbocycles. The topological polar surface area (TPSA) is 129 Å². The number of allylic oxidation sites excluding steroid dienone is 1. The maximum absolute atomic E-state index is 15.7. The maximum atomic E-state index is 15.7. The van der Waals surface area contributed by atoms with Gasteiger partial charge in [-0.3, -0.25) is 9.69 Å². The van der Waals surface area contributed by atoms with Gasteiger partial charge in [0.05, 0.1) is 48.7 Å². The highest BCUT2D eigenvalue weighted by molar-refractivity contribution is 9.10. The van der Waals surface area contributed by atoms with E-state index in [-0.39, 0.29) is 39.9 Å². The Labute approximate surface area is 239 Å². The number of anilines is 2. The van der Waals surface area contributed by atoms with Crippen LogP contribution in [0.15, 0.2) is 69.6 Å². The van der Waals surface area contributed by atoms with Gasteiger partial charge in [0.15, 0.2) is 0 Å². The quantitative estimate of drug-likeness (QED) is 0.507. The van der Waals surface area contributed by atoms with Crippen LogP contribution in [0.4, 0.5) is 15.8 Å². The summed E-state index contributed by atoms with van der Waals surface area (Å²) in [6.07, 6.45) is 0. The van der Waals surface area contributed by atoms with E-state index in [2.05, 4.69) is 22.0 Å². The number of hydrogen-bond donors (Lipinski definition) is 1. The van der Waals surface area contributed by atoms with E-state index in [0.29, 0.717) is 36.2 Å². The van der Waals surface area contributed by atoms with Crippen LogP contribution in [0.2, 0.25) is 0 Å².